The summed E-state index contributed by atoms with van der Waals surface area (Å²) < 4.78 is 54.5. The van der Waals surface area contributed by atoms with Gasteiger partial charge in [-0.2, -0.15) is 13.2 Å². The smallest absolute Gasteiger partial charge is 0.371 e. The number of piperidine rings is 1. The van der Waals surface area contributed by atoms with Gasteiger partial charge < -0.3 is 9.47 Å². The number of nitrogens with zero attached hydrogens (tertiary/aromatic N) is 3. The zero-order valence-electron chi connectivity index (χ0n) is 15.5. The lowest BCUT2D eigenvalue weighted by Crippen LogP contribution is -2.36. The van der Waals surface area contributed by atoms with E-state index < -0.39 is 17.6 Å². The third-order valence-electron chi connectivity index (χ3n) is 5.40. The molecule has 0 bridgehead atoms. The van der Waals surface area contributed by atoms with Crippen molar-refractivity contribution in [3.05, 3.63) is 59.7 Å². The van der Waals surface area contributed by atoms with Gasteiger partial charge in [0.05, 0.1) is 22.9 Å². The number of fused-ring (bicyclic) bond motifs is 1. The molecule has 148 valence electrons. The molecule has 0 spiro atoms. The predicted octanol–water partition coefficient (Wildman–Crippen LogP) is 5.19. The SMILES string of the molecule is Cn1cnc2ccc(N3CCCC(Cc4cc(F)cc(C(F)(F)F)c4)C3)cc21. The van der Waals surface area contributed by atoms with Crippen LogP contribution in [0.25, 0.3) is 11.0 Å². The summed E-state index contributed by atoms with van der Waals surface area (Å²) >= 11 is 0. The highest BCUT2D eigenvalue weighted by Gasteiger charge is 2.31. The van der Waals surface area contributed by atoms with Gasteiger partial charge in [-0.3, -0.25) is 0 Å². The molecular weight excluding hydrogens is 370 g/mol. The zero-order valence-corrected chi connectivity index (χ0v) is 15.5. The monoisotopic (exact) mass is 391 g/mol. The minimum absolute atomic E-state index is 0.180. The van der Waals surface area contributed by atoms with Crippen LogP contribution in [0.1, 0.15) is 24.0 Å². The van der Waals surface area contributed by atoms with E-state index in [0.717, 1.165) is 48.7 Å². The molecule has 3 nitrogen and oxygen atoms in total. The molecular formula is C21H21F4N3. The van der Waals surface area contributed by atoms with Crippen molar-refractivity contribution in [1.29, 1.82) is 0 Å². The first-order chi connectivity index (χ1) is 13.3. The Labute approximate surface area is 160 Å². The summed E-state index contributed by atoms with van der Waals surface area (Å²) in [5.41, 5.74) is 2.54. The Morgan fingerprint density at radius 1 is 1.14 bits per heavy atom. The molecule has 1 atom stereocenters. The standard InChI is InChI=1S/C21H21F4N3/c1-27-13-26-19-5-4-18(11-20(19)27)28-6-2-3-14(12-28)7-15-8-16(21(23,24)25)10-17(22)9-15/h4-5,8-11,13-14H,2-3,6-7,12H2,1H3. The number of benzene rings is 2. The molecule has 0 amide bonds. The minimum atomic E-state index is -4.53. The first-order valence-corrected chi connectivity index (χ1v) is 9.32. The Kier molecular flexibility index (Phi) is 4.77. The maximum atomic E-state index is 13.7. The number of aryl methyl sites for hydroxylation is 1. The summed E-state index contributed by atoms with van der Waals surface area (Å²) in [5, 5.41) is 0. The highest BCUT2D eigenvalue weighted by Crippen LogP contribution is 2.32. The quantitative estimate of drug-likeness (QED) is 0.573. The fraction of sp³-hybridized carbons (Fsp3) is 0.381. The molecule has 28 heavy (non-hydrogen) atoms. The molecule has 2 heterocycles. The summed E-state index contributed by atoms with van der Waals surface area (Å²) in [4.78, 5) is 6.58. The van der Waals surface area contributed by atoms with E-state index in [1.54, 1.807) is 6.33 Å². The van der Waals surface area contributed by atoms with Crippen LogP contribution < -0.4 is 4.90 Å². The van der Waals surface area contributed by atoms with Crippen molar-refractivity contribution < 1.29 is 17.6 Å². The van der Waals surface area contributed by atoms with Crippen LogP contribution in [0.3, 0.4) is 0 Å². The van der Waals surface area contributed by atoms with E-state index in [9.17, 15) is 17.6 Å². The van der Waals surface area contributed by atoms with Gasteiger partial charge in [-0.05, 0) is 67.1 Å². The van der Waals surface area contributed by atoms with Crippen LogP contribution in [0, 0.1) is 11.7 Å². The molecule has 3 aromatic rings. The first kappa shape index (κ1) is 18.8. The van der Waals surface area contributed by atoms with Crippen molar-refractivity contribution in [2.24, 2.45) is 13.0 Å². The van der Waals surface area contributed by atoms with Gasteiger partial charge in [0, 0.05) is 25.8 Å². The largest absolute Gasteiger partial charge is 0.416 e. The van der Waals surface area contributed by atoms with E-state index in [-0.39, 0.29) is 5.92 Å². The molecule has 1 unspecified atom stereocenters. The Morgan fingerprint density at radius 2 is 1.96 bits per heavy atom. The lowest BCUT2D eigenvalue weighted by molar-refractivity contribution is -0.137. The van der Waals surface area contributed by atoms with Gasteiger partial charge in [0.2, 0.25) is 0 Å². The predicted molar refractivity (Wildman–Crippen MR) is 101 cm³/mol. The molecule has 1 aromatic heterocycles. The lowest BCUT2D eigenvalue weighted by atomic mass is 9.90. The van der Waals surface area contributed by atoms with E-state index in [0.29, 0.717) is 18.1 Å². The second kappa shape index (κ2) is 7.11. The molecule has 0 saturated carbocycles. The Morgan fingerprint density at radius 3 is 2.75 bits per heavy atom. The van der Waals surface area contributed by atoms with Gasteiger partial charge in [-0.25, -0.2) is 9.37 Å². The Bertz CT molecular complexity index is 993. The number of hydrogen-bond donors (Lipinski definition) is 0. The minimum Gasteiger partial charge on any atom is -0.371 e. The van der Waals surface area contributed by atoms with E-state index in [2.05, 4.69) is 16.0 Å². The zero-order chi connectivity index (χ0) is 19.9. The van der Waals surface area contributed by atoms with Crippen molar-refractivity contribution >= 4 is 16.7 Å². The topological polar surface area (TPSA) is 21.1 Å². The average Bonchev–Trinajstić information content (AvgIpc) is 3.01. The molecule has 1 fully saturated rings. The number of anilines is 1. The average molecular weight is 391 g/mol. The van der Waals surface area contributed by atoms with Gasteiger partial charge in [-0.15, -0.1) is 0 Å². The van der Waals surface area contributed by atoms with E-state index in [4.69, 9.17) is 0 Å². The van der Waals surface area contributed by atoms with Gasteiger partial charge >= 0.3 is 6.18 Å². The van der Waals surface area contributed by atoms with Crippen LogP contribution in [0.4, 0.5) is 23.2 Å². The number of alkyl halides is 3. The van der Waals surface area contributed by atoms with Crippen LogP contribution in [0.5, 0.6) is 0 Å². The van der Waals surface area contributed by atoms with Gasteiger partial charge in [0.25, 0.3) is 0 Å². The molecule has 1 aliphatic rings. The number of rotatable bonds is 3. The van der Waals surface area contributed by atoms with Crippen molar-refractivity contribution in [1.82, 2.24) is 9.55 Å². The summed E-state index contributed by atoms with van der Waals surface area (Å²) in [6, 6.07) is 8.95. The molecule has 0 radical (unpaired) electrons. The first-order valence-electron chi connectivity index (χ1n) is 9.32. The van der Waals surface area contributed by atoms with Crippen molar-refractivity contribution in [3.63, 3.8) is 0 Å². The third-order valence-corrected chi connectivity index (χ3v) is 5.40. The highest BCUT2D eigenvalue weighted by molar-refractivity contribution is 5.79. The Balaban J connectivity index is 1.52. The van der Waals surface area contributed by atoms with E-state index in [1.165, 1.54) is 6.07 Å². The van der Waals surface area contributed by atoms with E-state index in [1.807, 2.05) is 23.7 Å². The van der Waals surface area contributed by atoms with Crippen LogP contribution in [0.2, 0.25) is 0 Å². The van der Waals surface area contributed by atoms with Crippen LogP contribution >= 0.6 is 0 Å². The van der Waals surface area contributed by atoms with Gasteiger partial charge in [0.1, 0.15) is 5.82 Å². The lowest BCUT2D eigenvalue weighted by Gasteiger charge is -2.34. The van der Waals surface area contributed by atoms with Crippen LogP contribution in [-0.2, 0) is 19.6 Å². The molecule has 0 N–H and O–H groups in total. The number of imidazole rings is 1. The van der Waals surface area contributed by atoms with Crippen molar-refractivity contribution in [2.75, 3.05) is 18.0 Å². The summed E-state index contributed by atoms with van der Waals surface area (Å²) in [6.07, 6.45) is -0.452. The van der Waals surface area contributed by atoms with Gasteiger partial charge in [-0.1, -0.05) is 0 Å². The van der Waals surface area contributed by atoms with Crippen LogP contribution in [-0.4, -0.2) is 22.6 Å². The summed E-state index contributed by atoms with van der Waals surface area (Å²) in [6.45, 7) is 1.64. The van der Waals surface area contributed by atoms with Gasteiger partial charge in [0.15, 0.2) is 0 Å². The second-order valence-corrected chi connectivity index (χ2v) is 7.53. The molecule has 7 heteroatoms. The molecule has 2 aromatic carbocycles. The second-order valence-electron chi connectivity index (χ2n) is 7.53. The maximum absolute atomic E-state index is 13.7. The number of hydrogen-bond acceptors (Lipinski definition) is 2. The normalized spacial score (nSPS) is 18.0. The summed E-state index contributed by atoms with van der Waals surface area (Å²) in [5.74, 6) is -0.655. The van der Waals surface area contributed by atoms with Crippen molar-refractivity contribution in [3.8, 4) is 0 Å². The maximum Gasteiger partial charge on any atom is 0.416 e. The summed E-state index contributed by atoms with van der Waals surface area (Å²) in [7, 11) is 1.94. The Hall–Kier alpha value is -2.57. The fourth-order valence-corrected chi connectivity index (χ4v) is 4.04. The molecule has 0 aliphatic carbocycles. The third kappa shape index (κ3) is 3.84. The van der Waals surface area contributed by atoms with Crippen molar-refractivity contribution in [2.45, 2.75) is 25.4 Å². The fourth-order valence-electron chi connectivity index (χ4n) is 4.04. The van der Waals surface area contributed by atoms with Crippen LogP contribution in [0.15, 0.2) is 42.7 Å². The highest BCUT2D eigenvalue weighted by atomic mass is 19.4. The van der Waals surface area contributed by atoms with E-state index >= 15 is 0 Å². The molecule has 4 rings (SSSR count). The molecule has 1 aliphatic heterocycles. The number of halogens is 4. The molecule has 1 saturated heterocycles. The number of aromatic nitrogens is 2.